The Kier molecular flexibility index (Phi) is 15.0. The molecule has 14 heteroatoms. The second-order valence-corrected chi connectivity index (χ2v) is 14.2. The summed E-state index contributed by atoms with van der Waals surface area (Å²) in [5.74, 6) is -1.80. The van der Waals surface area contributed by atoms with Gasteiger partial charge in [-0.2, -0.15) is 0 Å². The number of aromatic nitrogens is 1. The van der Waals surface area contributed by atoms with Crippen LogP contribution in [0.15, 0.2) is 95.7 Å². The van der Waals surface area contributed by atoms with E-state index in [4.69, 9.17) is 5.73 Å². The maximum Gasteiger partial charge on any atom is 0.243 e. The molecule has 5 N–H and O–H groups in total. The van der Waals surface area contributed by atoms with Gasteiger partial charge in [-0.05, 0) is 65.1 Å². The largest absolute Gasteiger partial charge is 0.348 e. The first-order chi connectivity index (χ1) is 23.4. The minimum Gasteiger partial charge on any atom is -0.348 e. The van der Waals surface area contributed by atoms with Gasteiger partial charge in [-0.3, -0.25) is 19.4 Å². The molecule has 0 aliphatic rings. The van der Waals surface area contributed by atoms with Crippen molar-refractivity contribution in [2.24, 2.45) is 16.8 Å². The van der Waals surface area contributed by atoms with Gasteiger partial charge in [-0.1, -0.05) is 79.6 Å². The van der Waals surface area contributed by atoms with E-state index in [1.165, 1.54) is 6.08 Å². The van der Waals surface area contributed by atoms with Crippen LogP contribution in [0.5, 0.6) is 0 Å². The molecule has 260 valence electrons. The maximum absolute atomic E-state index is 13.9. The molecule has 1 aromatic heterocycles. The lowest BCUT2D eigenvalue weighted by Crippen LogP contribution is -2.56. The van der Waals surface area contributed by atoms with Gasteiger partial charge in [-0.15, -0.1) is 0 Å². The minimum absolute atomic E-state index is 0.0154. The van der Waals surface area contributed by atoms with E-state index in [9.17, 15) is 28.3 Å². The van der Waals surface area contributed by atoms with Crippen molar-refractivity contribution < 1.29 is 22.8 Å². The molecule has 0 aliphatic heterocycles. The Morgan fingerprint density at radius 2 is 1.39 bits per heavy atom. The smallest absolute Gasteiger partial charge is 0.243 e. The molecular weight excluding hydrogens is 645 g/mol. The predicted octanol–water partition coefficient (Wildman–Crippen LogP) is 3.31. The van der Waals surface area contributed by atoms with E-state index < -0.39 is 51.7 Å². The van der Waals surface area contributed by atoms with Crippen molar-refractivity contribution in [2.75, 3.05) is 6.26 Å². The molecule has 0 fully saturated rings. The van der Waals surface area contributed by atoms with Crippen molar-refractivity contribution in [3.63, 3.8) is 0 Å². The molecule has 49 heavy (non-hydrogen) atoms. The number of nitrogens with two attached hydrogens (primary N) is 1. The van der Waals surface area contributed by atoms with Crippen LogP contribution in [-0.2, 0) is 50.0 Å². The molecule has 2 aromatic carbocycles. The minimum atomic E-state index is -3.49. The molecule has 3 aromatic rings. The maximum atomic E-state index is 13.9. The summed E-state index contributed by atoms with van der Waals surface area (Å²) in [5.41, 5.74) is 18.1. The number of benzene rings is 2. The first-order valence-electron chi connectivity index (χ1n) is 15.9. The summed E-state index contributed by atoms with van der Waals surface area (Å²) >= 11 is 0. The zero-order valence-electron chi connectivity index (χ0n) is 27.9. The Labute approximate surface area is 287 Å². The number of amides is 3. The molecule has 1 unspecified atom stereocenters. The second kappa shape index (κ2) is 19.1. The predicted molar refractivity (Wildman–Crippen MR) is 188 cm³/mol. The van der Waals surface area contributed by atoms with Crippen LogP contribution in [0.1, 0.15) is 42.5 Å². The highest BCUT2D eigenvalue weighted by atomic mass is 32.2. The lowest BCUT2D eigenvalue weighted by molar-refractivity contribution is -0.132. The molecule has 3 rings (SSSR count). The van der Waals surface area contributed by atoms with E-state index in [2.05, 4.69) is 31.0 Å². The second-order valence-electron chi connectivity index (χ2n) is 12.2. The quantitative estimate of drug-likeness (QED) is 0.0889. The Hall–Kier alpha value is -5.04. The summed E-state index contributed by atoms with van der Waals surface area (Å²) in [6, 6.07) is 15.9. The summed E-state index contributed by atoms with van der Waals surface area (Å²) < 4.78 is 23.9. The molecular formula is C35H44N8O5S. The summed E-state index contributed by atoms with van der Waals surface area (Å²) in [7, 11) is -3.49. The van der Waals surface area contributed by atoms with E-state index in [-0.39, 0.29) is 31.6 Å². The van der Waals surface area contributed by atoms with Gasteiger partial charge in [-0.25, -0.2) is 8.42 Å². The van der Waals surface area contributed by atoms with Crippen LogP contribution in [-0.4, -0.2) is 61.5 Å². The van der Waals surface area contributed by atoms with Crippen molar-refractivity contribution in [2.45, 2.75) is 70.2 Å². The Morgan fingerprint density at radius 1 is 0.816 bits per heavy atom. The first-order valence-corrected chi connectivity index (χ1v) is 17.9. The van der Waals surface area contributed by atoms with Gasteiger partial charge < -0.3 is 21.7 Å². The lowest BCUT2D eigenvalue weighted by atomic mass is 9.99. The topological polar surface area (TPSA) is 209 Å². The third-order valence-corrected chi connectivity index (χ3v) is 8.18. The van der Waals surface area contributed by atoms with E-state index in [0.717, 1.165) is 28.4 Å². The number of azide groups is 1. The van der Waals surface area contributed by atoms with Crippen molar-refractivity contribution in [1.29, 1.82) is 0 Å². The van der Waals surface area contributed by atoms with Crippen LogP contribution >= 0.6 is 0 Å². The fourth-order valence-electron chi connectivity index (χ4n) is 5.05. The molecule has 0 spiro atoms. The summed E-state index contributed by atoms with van der Waals surface area (Å²) in [5, 5.41) is 13.2. The number of nitrogens with one attached hydrogen (secondary N) is 3. The number of hydrogen-bond acceptors (Lipinski definition) is 8. The average molecular weight is 689 g/mol. The fourth-order valence-corrected chi connectivity index (χ4v) is 5.52. The van der Waals surface area contributed by atoms with Crippen molar-refractivity contribution in [3.8, 4) is 0 Å². The number of sulfone groups is 1. The van der Waals surface area contributed by atoms with Crippen molar-refractivity contribution >= 4 is 27.6 Å². The molecule has 4 atom stereocenters. The van der Waals surface area contributed by atoms with Gasteiger partial charge >= 0.3 is 0 Å². The number of hydrogen-bond donors (Lipinski definition) is 4. The molecule has 13 nitrogen and oxygen atoms in total. The van der Waals surface area contributed by atoms with Crippen LogP contribution in [0.3, 0.4) is 0 Å². The van der Waals surface area contributed by atoms with Crippen LogP contribution in [0.25, 0.3) is 10.4 Å². The number of rotatable bonds is 18. The SMILES string of the molecule is CC(C)C[C@H](NC(=O)[C@H](Cc1ccncc1)NC(=O)C(Cc1ccccc1)N=[N+]=[N-])C(=O)N[C@H](/C=C/S(C)(=O)=O)Cc1ccc(CN)cc1. The third-order valence-electron chi connectivity index (χ3n) is 7.53. The zero-order valence-corrected chi connectivity index (χ0v) is 28.7. The Bertz CT molecular complexity index is 1710. The molecule has 3 amide bonds. The zero-order chi connectivity index (χ0) is 35.8. The number of pyridine rings is 1. The van der Waals surface area contributed by atoms with E-state index in [0.29, 0.717) is 12.1 Å². The van der Waals surface area contributed by atoms with Crippen LogP contribution in [0.2, 0.25) is 0 Å². The van der Waals surface area contributed by atoms with Gasteiger partial charge in [0.1, 0.15) is 18.1 Å². The van der Waals surface area contributed by atoms with Crippen molar-refractivity contribution in [3.05, 3.63) is 123 Å². The van der Waals surface area contributed by atoms with Crippen LogP contribution < -0.4 is 21.7 Å². The number of carbonyl (C=O) groups is 3. The summed E-state index contributed by atoms with van der Waals surface area (Å²) in [4.78, 5) is 47.9. The summed E-state index contributed by atoms with van der Waals surface area (Å²) in [6.45, 7) is 4.17. The van der Waals surface area contributed by atoms with Gasteiger partial charge in [0.15, 0.2) is 9.84 Å². The van der Waals surface area contributed by atoms with Gasteiger partial charge in [0, 0.05) is 41.9 Å². The molecule has 0 aliphatic carbocycles. The van der Waals surface area contributed by atoms with E-state index in [1.54, 1.807) is 48.8 Å². The average Bonchev–Trinajstić information content (AvgIpc) is 3.07. The van der Waals surface area contributed by atoms with Gasteiger partial charge in [0.2, 0.25) is 17.7 Å². The van der Waals surface area contributed by atoms with Gasteiger partial charge in [0.05, 0.1) is 6.04 Å². The van der Waals surface area contributed by atoms with E-state index in [1.807, 2.05) is 44.2 Å². The Balaban J connectivity index is 1.85. The van der Waals surface area contributed by atoms with Crippen LogP contribution in [0.4, 0.5) is 0 Å². The van der Waals surface area contributed by atoms with Crippen molar-refractivity contribution in [1.82, 2.24) is 20.9 Å². The molecule has 0 saturated carbocycles. The molecule has 0 radical (unpaired) electrons. The van der Waals surface area contributed by atoms with Gasteiger partial charge in [0.25, 0.3) is 0 Å². The molecule has 1 heterocycles. The highest BCUT2D eigenvalue weighted by Gasteiger charge is 2.30. The monoisotopic (exact) mass is 688 g/mol. The molecule has 0 saturated heterocycles. The highest BCUT2D eigenvalue weighted by molar-refractivity contribution is 7.93. The highest BCUT2D eigenvalue weighted by Crippen LogP contribution is 2.13. The standard InChI is InChI=1S/C35H44N8O5S/c1-24(2)19-30(33(44)39-29(15-18-49(3,47)48)20-26-9-11-28(23-36)12-10-26)40-34(45)31(21-27-13-16-38-17-14-27)41-35(46)32(42-43-37)22-25-7-5-4-6-8-25/h4-18,24,29-32H,19-23,36H2,1-3H3,(H,39,44)(H,40,45)(H,41,46)/b18-15+/t29-,30+,31+,32?/m1/s1. The number of carbonyl (C=O) groups excluding carboxylic acids is 3. The molecule has 0 bridgehead atoms. The summed E-state index contributed by atoms with van der Waals surface area (Å²) in [6.07, 6.45) is 6.33. The van der Waals surface area contributed by atoms with E-state index >= 15 is 0 Å². The lowest BCUT2D eigenvalue weighted by Gasteiger charge is -2.26. The first kappa shape index (κ1) is 38.4. The van der Waals surface area contributed by atoms with Crippen LogP contribution in [0, 0.1) is 5.92 Å². The normalized spacial score (nSPS) is 13.9. The Morgan fingerprint density at radius 3 is 1.98 bits per heavy atom. The number of nitrogens with zero attached hydrogens (tertiary/aromatic N) is 4. The fraction of sp³-hybridized carbons (Fsp3) is 0.371. The third kappa shape index (κ3) is 13.9.